The number of hydrogen-bond acceptors (Lipinski definition) is 31. The number of halogens is 1. The number of carboxylic acids is 5. The van der Waals surface area contributed by atoms with Crippen molar-refractivity contribution in [1.29, 1.82) is 0 Å². The van der Waals surface area contributed by atoms with Gasteiger partial charge in [-0.3, -0.25) is 4.79 Å². The van der Waals surface area contributed by atoms with Gasteiger partial charge in [-0.25, -0.2) is 0 Å². The van der Waals surface area contributed by atoms with Crippen LogP contribution in [0.15, 0.2) is 0 Å². The normalized spacial score (nSPS) is 18.3. The molecule has 0 rings (SSSR count). The fraction of sp³-hybridized carbons (Fsp3) is 0.833. The van der Waals surface area contributed by atoms with Crippen molar-refractivity contribution in [2.24, 2.45) is 11.5 Å². The summed E-state index contributed by atoms with van der Waals surface area (Å²) in [5, 5.41) is 222. The first-order valence-corrected chi connectivity index (χ1v) is 17.2. The Kier molecular flexibility index (Phi) is 56.0. The molecule has 0 spiro atoms. The molecule has 380 valence electrons. The van der Waals surface area contributed by atoms with Crippen LogP contribution in [-0.4, -0.2) is 311 Å². The molecule has 32 nitrogen and oxygen atoms in total. The van der Waals surface area contributed by atoms with Crippen LogP contribution in [0.5, 0.6) is 0 Å². The predicted octanol–water partition coefficient (Wildman–Crippen LogP) is -19.7. The number of rotatable bonds is 25. The Bertz CT molecular complexity index is 1080. The second-order valence-electron chi connectivity index (χ2n) is 12.2. The standard InChI is InChI=1S/C6H14N2O2.4C6H12O7.Ca.ClH.Zn/c7-4-2-1-3-5(8)6(9)10;4*7-1-2(8)3(9)4(10)5(11)6(12)13;;;/h5H,1-4,7-8H2,(H,9,10);4*2-5,7-11H,1H2,(H,12,13);;1H;/q;;;;;+2;;+2/p-4. The van der Waals surface area contributed by atoms with Gasteiger partial charge in [0.25, 0.3) is 0 Å². The molecule has 0 aromatic heterocycles. The van der Waals surface area contributed by atoms with E-state index in [2.05, 4.69) is 0 Å². The van der Waals surface area contributed by atoms with Crippen LogP contribution >= 0.6 is 12.4 Å². The third-order valence-corrected chi connectivity index (χ3v) is 7.27. The molecule has 25 N–H and O–H groups in total. The quantitative estimate of drug-likeness (QED) is 0.0298. The van der Waals surface area contributed by atoms with Crippen LogP contribution in [0.4, 0.5) is 0 Å². The van der Waals surface area contributed by atoms with Gasteiger partial charge in [0.05, 0.1) is 50.3 Å². The molecule has 0 heterocycles. The minimum atomic E-state index is -2.31. The molecule has 0 aliphatic carbocycles. The first-order valence-electron chi connectivity index (χ1n) is 17.2. The van der Waals surface area contributed by atoms with Gasteiger partial charge < -0.3 is 158 Å². The van der Waals surface area contributed by atoms with E-state index in [-0.39, 0.29) is 69.6 Å². The number of carboxylic acid groups (broad SMARTS) is 5. The van der Waals surface area contributed by atoms with Crippen molar-refractivity contribution in [3.05, 3.63) is 0 Å². The molecule has 0 aromatic rings. The summed E-state index contributed by atoms with van der Waals surface area (Å²) in [5.41, 5.74) is 10.4. The number of carbonyl (C=O) groups is 5. The van der Waals surface area contributed by atoms with Crippen molar-refractivity contribution in [2.45, 2.75) is 123 Å². The SMILES string of the molecule is Cl.NCCCCC(N)C(=O)O.O=C([O-])C(O)C(O)C(O)C(O)CO.O=C([O-])C(O)C(O)C(O)C(O)CO.O=C([O-])C(O)C(O)C(O)C(O)CO.O=C([O-])C(O)C(O)C(O)C(O)CO.[Ca+2].[Zn+2]. The van der Waals surface area contributed by atoms with Crippen molar-refractivity contribution in [3.63, 3.8) is 0 Å². The van der Waals surface area contributed by atoms with E-state index < -0.39 is 160 Å². The number of aliphatic hydroxyl groups excluding tert-OH is 20. The van der Waals surface area contributed by atoms with Crippen LogP contribution in [0, 0.1) is 0 Å². The van der Waals surface area contributed by atoms with E-state index in [1.807, 2.05) is 0 Å². The second-order valence-corrected chi connectivity index (χ2v) is 12.2. The molecule has 65 heavy (non-hydrogen) atoms. The van der Waals surface area contributed by atoms with Gasteiger partial charge in [-0.2, -0.15) is 0 Å². The first-order chi connectivity index (χ1) is 28.3. The summed E-state index contributed by atoms with van der Waals surface area (Å²) in [6.45, 7) is -2.85. The number of unbranched alkanes of at least 4 members (excludes halogenated alkanes) is 1. The van der Waals surface area contributed by atoms with Crippen molar-refractivity contribution < 1.29 is 171 Å². The molecule has 17 unspecified atom stereocenters. The van der Waals surface area contributed by atoms with Crippen molar-refractivity contribution in [3.8, 4) is 0 Å². The molecule has 0 saturated heterocycles. The van der Waals surface area contributed by atoms with E-state index in [9.17, 15) is 44.4 Å². The third-order valence-electron chi connectivity index (χ3n) is 7.27. The van der Waals surface area contributed by atoms with Crippen LogP contribution in [0.2, 0.25) is 0 Å². The predicted molar refractivity (Wildman–Crippen MR) is 196 cm³/mol. The van der Waals surface area contributed by atoms with E-state index in [0.717, 1.165) is 12.8 Å². The van der Waals surface area contributed by atoms with Gasteiger partial charge in [0, 0.05) is 0 Å². The summed E-state index contributed by atoms with van der Waals surface area (Å²) >= 11 is 0. The van der Waals surface area contributed by atoms with Crippen molar-refractivity contribution in [2.75, 3.05) is 33.0 Å². The van der Waals surface area contributed by atoms with Crippen LogP contribution in [-0.2, 0) is 43.5 Å². The largest absolute Gasteiger partial charge is 2.00 e. The van der Waals surface area contributed by atoms with Crippen LogP contribution in [0.1, 0.15) is 19.3 Å². The monoisotopic (exact) mass is 1070 g/mol. The summed E-state index contributed by atoms with van der Waals surface area (Å²) in [6.07, 6.45) is -30.1. The fourth-order valence-electron chi connectivity index (χ4n) is 3.28. The topological polar surface area (TPSA) is 654 Å². The molecule has 0 fully saturated rings. The average Bonchev–Trinajstić information content (AvgIpc) is 3.24. The van der Waals surface area contributed by atoms with E-state index in [0.29, 0.717) is 13.0 Å². The van der Waals surface area contributed by atoms with E-state index in [1.165, 1.54) is 0 Å². The molecule has 0 amide bonds. The number of nitrogens with two attached hydrogens (primary N) is 2. The zero-order valence-corrected chi connectivity index (χ0v) is 40.0. The van der Waals surface area contributed by atoms with E-state index in [1.54, 1.807) is 0 Å². The Labute approximate surface area is 416 Å². The average molecular weight is 1070 g/mol. The molecule has 0 radical (unpaired) electrons. The van der Waals surface area contributed by atoms with Crippen molar-refractivity contribution >= 4 is 80.0 Å². The Hall–Kier alpha value is -1.36. The maximum absolute atomic E-state index is 10.1. The van der Waals surface area contributed by atoms with Gasteiger partial charge in [0.2, 0.25) is 0 Å². The van der Waals surface area contributed by atoms with Gasteiger partial charge >= 0.3 is 63.2 Å². The third kappa shape index (κ3) is 36.3. The minimum Gasteiger partial charge on any atom is -0.547 e. The maximum atomic E-state index is 10.1. The molecule has 0 aliphatic heterocycles. The summed E-state index contributed by atoms with van der Waals surface area (Å²) in [6, 6.07) is -0.716. The molecule has 0 bridgehead atoms. The van der Waals surface area contributed by atoms with Gasteiger partial charge in [-0.05, 0) is 19.4 Å². The van der Waals surface area contributed by atoms with Crippen LogP contribution < -0.4 is 31.9 Å². The summed E-state index contributed by atoms with van der Waals surface area (Å²) in [5.74, 6) is -8.83. The molecule has 17 atom stereocenters. The second kappa shape index (κ2) is 45.1. The van der Waals surface area contributed by atoms with Gasteiger partial charge in [0.15, 0.2) is 0 Å². The molecule has 0 aromatic carbocycles. The maximum Gasteiger partial charge on any atom is 2.00 e. The van der Waals surface area contributed by atoms with E-state index in [4.69, 9.17) is 119 Å². The Morgan fingerprint density at radius 1 is 0.415 bits per heavy atom. The molecule has 35 heteroatoms. The summed E-state index contributed by atoms with van der Waals surface area (Å²) in [7, 11) is 0. The molecular weight excluding hydrogens is 1010 g/mol. The van der Waals surface area contributed by atoms with Crippen molar-refractivity contribution in [1.82, 2.24) is 0 Å². The number of aliphatic hydroxyl groups is 20. The smallest absolute Gasteiger partial charge is 0.547 e. The number of carbonyl (C=O) groups excluding carboxylic acids is 4. The Morgan fingerprint density at radius 3 is 0.723 bits per heavy atom. The first kappa shape index (κ1) is 80.7. The van der Waals surface area contributed by atoms with Gasteiger partial charge in [-0.15, -0.1) is 12.4 Å². The number of hydrogen-bond donors (Lipinski definition) is 23. The number of aliphatic carboxylic acids is 5. The van der Waals surface area contributed by atoms with E-state index >= 15 is 0 Å². The summed E-state index contributed by atoms with van der Waals surface area (Å²) in [4.78, 5) is 50.1. The zero-order valence-electron chi connectivity index (χ0n) is 34.0. The van der Waals surface area contributed by atoms with Gasteiger partial charge in [0.1, 0.15) is 104 Å². The zero-order chi connectivity index (χ0) is 50.4. The molecular formula is C30H59CaClN2O30Zn. The Morgan fingerprint density at radius 2 is 0.600 bits per heavy atom. The Balaban J connectivity index is -0.000000103. The molecule has 0 saturated carbocycles. The fourth-order valence-corrected chi connectivity index (χ4v) is 3.28. The molecule has 0 aliphatic rings. The minimum absolute atomic E-state index is 0. The van der Waals surface area contributed by atoms with Crippen LogP contribution in [0.3, 0.4) is 0 Å². The van der Waals surface area contributed by atoms with Crippen LogP contribution in [0.25, 0.3) is 0 Å². The summed E-state index contributed by atoms with van der Waals surface area (Å²) < 4.78 is 0. The van der Waals surface area contributed by atoms with Gasteiger partial charge in [-0.1, -0.05) is 6.42 Å².